The van der Waals surface area contributed by atoms with Crippen molar-refractivity contribution >= 4 is 8.60 Å². The number of benzene rings is 2. The molecular formula is C31H49O3P. The van der Waals surface area contributed by atoms with Crippen LogP contribution in [-0.4, -0.2) is 7.11 Å². The molecule has 0 N–H and O–H groups in total. The monoisotopic (exact) mass is 500 g/mol. The van der Waals surface area contributed by atoms with E-state index in [1.165, 1.54) is 101 Å². The number of hydrogen-bond acceptors (Lipinski definition) is 3. The van der Waals surface area contributed by atoms with E-state index in [1.54, 1.807) is 7.11 Å². The number of unbranched alkanes of at least 4 members (excludes halogenated alkanes) is 12. The second kappa shape index (κ2) is 19.6. The van der Waals surface area contributed by atoms with Gasteiger partial charge in [0, 0.05) is 7.11 Å². The second-order valence-corrected chi connectivity index (χ2v) is 10.8. The molecule has 0 aromatic heterocycles. The first-order chi connectivity index (χ1) is 17.2. The van der Waals surface area contributed by atoms with E-state index >= 15 is 0 Å². The summed E-state index contributed by atoms with van der Waals surface area (Å²) in [6.07, 6.45) is 21.1. The van der Waals surface area contributed by atoms with Crippen molar-refractivity contribution in [1.82, 2.24) is 0 Å². The molecular weight excluding hydrogens is 451 g/mol. The van der Waals surface area contributed by atoms with Crippen molar-refractivity contribution in [1.29, 1.82) is 0 Å². The van der Waals surface area contributed by atoms with Crippen LogP contribution in [0.5, 0.6) is 11.5 Å². The van der Waals surface area contributed by atoms with Crippen molar-refractivity contribution in [2.24, 2.45) is 0 Å². The average molecular weight is 501 g/mol. The fourth-order valence-corrected chi connectivity index (χ4v) is 5.05. The lowest BCUT2D eigenvalue weighted by Crippen LogP contribution is -1.98. The molecule has 4 heteroatoms. The Labute approximate surface area is 217 Å². The van der Waals surface area contributed by atoms with E-state index in [-0.39, 0.29) is 0 Å². The Bertz CT molecular complexity index is 681. The summed E-state index contributed by atoms with van der Waals surface area (Å²) in [5.41, 5.74) is 2.73. The van der Waals surface area contributed by atoms with Crippen LogP contribution >= 0.6 is 8.60 Å². The number of hydrogen-bond donors (Lipinski definition) is 0. The number of rotatable bonds is 21. The molecule has 0 aliphatic carbocycles. The molecule has 0 saturated carbocycles. The third-order valence-corrected chi connectivity index (χ3v) is 7.51. The summed E-state index contributed by atoms with van der Waals surface area (Å²) in [5, 5.41) is 0. The smallest absolute Gasteiger partial charge is 0.418 e. The van der Waals surface area contributed by atoms with Gasteiger partial charge in [-0.25, -0.2) is 0 Å². The maximum Gasteiger partial charge on any atom is 0.462 e. The highest BCUT2D eigenvalue weighted by molar-refractivity contribution is 7.42. The van der Waals surface area contributed by atoms with E-state index in [9.17, 15) is 0 Å². The van der Waals surface area contributed by atoms with Gasteiger partial charge in [-0.3, -0.25) is 4.52 Å². The summed E-state index contributed by atoms with van der Waals surface area (Å²) in [4.78, 5) is 0. The summed E-state index contributed by atoms with van der Waals surface area (Å²) in [6, 6.07) is 16.8. The van der Waals surface area contributed by atoms with Crippen molar-refractivity contribution < 1.29 is 13.6 Å². The van der Waals surface area contributed by atoms with E-state index in [4.69, 9.17) is 13.6 Å². The van der Waals surface area contributed by atoms with Gasteiger partial charge in [-0.2, -0.15) is 0 Å². The van der Waals surface area contributed by atoms with Crippen LogP contribution in [0.1, 0.15) is 115 Å². The molecule has 2 rings (SSSR count). The van der Waals surface area contributed by atoms with Crippen LogP contribution in [0.25, 0.3) is 0 Å². The first-order valence-corrected chi connectivity index (χ1v) is 15.2. The molecule has 0 heterocycles. The maximum absolute atomic E-state index is 5.97. The molecule has 35 heavy (non-hydrogen) atoms. The minimum Gasteiger partial charge on any atom is -0.418 e. The average Bonchev–Trinajstić information content (AvgIpc) is 2.89. The largest absolute Gasteiger partial charge is 0.462 e. The third kappa shape index (κ3) is 13.9. The van der Waals surface area contributed by atoms with E-state index in [1.807, 2.05) is 24.3 Å². The molecule has 0 aliphatic heterocycles. The molecule has 0 aliphatic rings. The quantitative estimate of drug-likeness (QED) is 0.126. The molecule has 0 radical (unpaired) electrons. The van der Waals surface area contributed by atoms with Crippen LogP contribution in [0.4, 0.5) is 0 Å². The lowest BCUT2D eigenvalue weighted by Gasteiger charge is -2.16. The maximum atomic E-state index is 5.97. The van der Waals surface area contributed by atoms with Gasteiger partial charge in [0.05, 0.1) is 0 Å². The van der Waals surface area contributed by atoms with Gasteiger partial charge >= 0.3 is 8.60 Å². The highest BCUT2D eigenvalue weighted by Gasteiger charge is 2.15. The van der Waals surface area contributed by atoms with Crippen molar-refractivity contribution in [3.05, 3.63) is 59.7 Å². The summed E-state index contributed by atoms with van der Waals surface area (Å²) in [6.45, 7) is 4.54. The molecule has 0 bridgehead atoms. The summed E-state index contributed by atoms with van der Waals surface area (Å²) < 4.78 is 17.4. The van der Waals surface area contributed by atoms with Gasteiger partial charge in [0.2, 0.25) is 0 Å². The summed E-state index contributed by atoms with van der Waals surface area (Å²) in [5.74, 6) is 1.58. The Kier molecular flexibility index (Phi) is 16.6. The van der Waals surface area contributed by atoms with E-state index in [2.05, 4.69) is 38.1 Å². The molecule has 0 spiro atoms. The van der Waals surface area contributed by atoms with Crippen LogP contribution in [0.15, 0.2) is 48.5 Å². The predicted molar refractivity (Wildman–Crippen MR) is 151 cm³/mol. The van der Waals surface area contributed by atoms with E-state index in [0.29, 0.717) is 0 Å². The highest BCUT2D eigenvalue weighted by Crippen LogP contribution is 2.40. The predicted octanol–water partition coefficient (Wildman–Crippen LogP) is 10.6. The normalized spacial score (nSPS) is 11.2. The zero-order valence-corrected chi connectivity index (χ0v) is 23.5. The van der Waals surface area contributed by atoms with Gasteiger partial charge in [0.25, 0.3) is 0 Å². The Balaban J connectivity index is 1.66. The second-order valence-electron chi connectivity index (χ2n) is 9.62. The Morgan fingerprint density at radius 3 is 1.17 bits per heavy atom. The standard InChI is InChI=1S/C31H49O3P/c1-4-6-8-10-12-14-16-18-28-20-24-30(25-21-28)33-35(32-3)34-31-26-22-29(23-27-31)19-17-15-13-11-9-7-5-2/h20-27H,4-19H2,1-3H3. The van der Waals surface area contributed by atoms with E-state index in [0.717, 1.165) is 24.3 Å². The lowest BCUT2D eigenvalue weighted by molar-refractivity contribution is 0.323. The molecule has 0 saturated heterocycles. The molecule has 2 aromatic carbocycles. The van der Waals surface area contributed by atoms with Crippen LogP contribution in [0.3, 0.4) is 0 Å². The topological polar surface area (TPSA) is 27.7 Å². The van der Waals surface area contributed by atoms with Crippen molar-refractivity contribution in [2.45, 2.75) is 117 Å². The van der Waals surface area contributed by atoms with Gasteiger partial charge in [-0.15, -0.1) is 0 Å². The third-order valence-electron chi connectivity index (χ3n) is 6.49. The van der Waals surface area contributed by atoms with Crippen LogP contribution in [-0.2, 0) is 17.4 Å². The minimum atomic E-state index is -1.47. The molecule has 196 valence electrons. The van der Waals surface area contributed by atoms with Crippen molar-refractivity contribution in [3.63, 3.8) is 0 Å². The summed E-state index contributed by atoms with van der Waals surface area (Å²) >= 11 is 0. The Hall–Kier alpha value is -1.57. The zero-order valence-electron chi connectivity index (χ0n) is 22.6. The molecule has 2 aromatic rings. The van der Waals surface area contributed by atoms with Gasteiger partial charge in [-0.1, -0.05) is 115 Å². The number of aryl methyl sites for hydroxylation is 2. The first-order valence-electron chi connectivity index (χ1n) is 14.1. The van der Waals surface area contributed by atoms with Gasteiger partial charge in [0.1, 0.15) is 11.5 Å². The van der Waals surface area contributed by atoms with Gasteiger partial charge in [-0.05, 0) is 61.1 Å². The van der Waals surface area contributed by atoms with Gasteiger partial charge in [0.15, 0.2) is 0 Å². The molecule has 0 amide bonds. The molecule has 3 nitrogen and oxygen atoms in total. The fourth-order valence-electron chi connectivity index (χ4n) is 4.27. The zero-order chi connectivity index (χ0) is 25.0. The molecule has 0 atom stereocenters. The SMILES string of the molecule is CCCCCCCCCc1ccc(OP(OC)Oc2ccc(CCCCCCCCC)cc2)cc1. The van der Waals surface area contributed by atoms with Crippen molar-refractivity contribution in [2.75, 3.05) is 7.11 Å². The first kappa shape index (κ1) is 29.7. The summed E-state index contributed by atoms with van der Waals surface area (Å²) in [7, 11) is 0.162. The molecule has 0 unspecified atom stereocenters. The Morgan fingerprint density at radius 2 is 0.829 bits per heavy atom. The lowest BCUT2D eigenvalue weighted by atomic mass is 10.0. The van der Waals surface area contributed by atoms with Crippen LogP contribution < -0.4 is 9.05 Å². The van der Waals surface area contributed by atoms with Crippen LogP contribution in [0.2, 0.25) is 0 Å². The fraction of sp³-hybridized carbons (Fsp3) is 0.613. The Morgan fingerprint density at radius 1 is 0.486 bits per heavy atom. The minimum absolute atomic E-state index is 0.789. The van der Waals surface area contributed by atoms with Crippen molar-refractivity contribution in [3.8, 4) is 11.5 Å². The van der Waals surface area contributed by atoms with Gasteiger partial charge < -0.3 is 9.05 Å². The molecule has 0 fully saturated rings. The van der Waals surface area contributed by atoms with Crippen LogP contribution in [0, 0.1) is 0 Å². The van der Waals surface area contributed by atoms with E-state index < -0.39 is 8.60 Å². The highest BCUT2D eigenvalue weighted by atomic mass is 31.2.